The summed E-state index contributed by atoms with van der Waals surface area (Å²) in [4.78, 5) is 49.7. The molecule has 0 unspecified atom stereocenters. The number of rotatable bonds is 17. The fraction of sp³-hybridized carbons (Fsp3) is 0.633. The van der Waals surface area contributed by atoms with Crippen molar-refractivity contribution < 1.29 is 61.1 Å². The van der Waals surface area contributed by atoms with Gasteiger partial charge in [-0.25, -0.2) is 13.8 Å². The maximum atomic E-state index is 15.7. The van der Waals surface area contributed by atoms with Crippen LogP contribution in [0.5, 0.6) is 5.75 Å². The van der Waals surface area contributed by atoms with Crippen LogP contribution in [0, 0.1) is 11.8 Å². The number of halogens is 1. The van der Waals surface area contributed by atoms with Crippen LogP contribution >= 0.6 is 7.75 Å². The van der Waals surface area contributed by atoms with Gasteiger partial charge in [0.15, 0.2) is 0 Å². The third-order valence-corrected chi connectivity index (χ3v) is 8.74. The maximum Gasteiger partial charge on any atom is 0.500 e. The molecule has 0 spiro atoms. The Bertz CT molecular complexity index is 1310. The molecule has 1 saturated heterocycles. The zero-order chi connectivity index (χ0) is 34.1. The Labute approximate surface area is 267 Å². The van der Waals surface area contributed by atoms with E-state index in [0.29, 0.717) is 12.8 Å². The van der Waals surface area contributed by atoms with Gasteiger partial charge in [0, 0.05) is 0 Å². The summed E-state index contributed by atoms with van der Waals surface area (Å²) in [5.41, 5.74) is -2.54. The van der Waals surface area contributed by atoms with Gasteiger partial charge in [0.2, 0.25) is 11.9 Å². The molecule has 3 N–H and O–H groups in total. The van der Waals surface area contributed by atoms with Gasteiger partial charge in [0.1, 0.15) is 30.4 Å². The van der Waals surface area contributed by atoms with Crippen LogP contribution in [-0.4, -0.2) is 89.7 Å². The lowest BCUT2D eigenvalue weighted by atomic mass is 9.98. The average molecular weight is 673 g/mol. The van der Waals surface area contributed by atoms with Crippen LogP contribution in [0.2, 0.25) is 0 Å². The number of hydrogen-bond donors (Lipinski definition) is 3. The molecule has 1 fully saturated rings. The molecule has 1 aromatic rings. The number of alkyl halides is 1. The summed E-state index contributed by atoms with van der Waals surface area (Å²) in [6.07, 6.45) is -3.55. The quantitative estimate of drug-likeness (QED) is 0.125. The van der Waals surface area contributed by atoms with E-state index in [2.05, 4.69) is 5.09 Å². The first-order valence-corrected chi connectivity index (χ1v) is 16.7. The van der Waals surface area contributed by atoms with E-state index in [4.69, 9.17) is 23.3 Å². The highest BCUT2D eigenvalue weighted by Gasteiger charge is 2.60. The number of benzene rings is 1. The van der Waals surface area contributed by atoms with Crippen molar-refractivity contribution in [2.24, 2.45) is 11.8 Å². The van der Waals surface area contributed by atoms with Crippen molar-refractivity contribution in [3.05, 3.63) is 30.3 Å². The van der Waals surface area contributed by atoms with Crippen LogP contribution in [0.1, 0.15) is 60.3 Å². The van der Waals surface area contributed by atoms with Crippen molar-refractivity contribution in [1.82, 2.24) is 10.4 Å². The first kappa shape index (κ1) is 37.2. The molecular weight excluding hydrogens is 628 g/mol. The number of esters is 2. The molecular formula is C30H44FN3O11P+. The number of aliphatic hydroxyl groups is 1. The normalized spacial score (nSPS) is 25.1. The standard InChI is InChI=1S/C30H43FN3O11P/c1-19(2)12-15-41-25(36)17-22(27(38)42-16-13-20(3)4)33-46(40,45-21-9-7-6-8-10-21)43-18-23-26(37)30(5,31)28(44-23)34-14-11-24(35)32-29(34)39/h6-10,14,19-20,22-23,26,28,37H,11-13,15-18H2,1-5H3,(H-,32,33,35,39,40)/p+1/t22-,23+,26+,28+,30+,46+/m0/s1. The second-order valence-electron chi connectivity index (χ2n) is 12.1. The number of nitrogens with zero attached hydrogens (tertiary/aromatic N) is 1. The second kappa shape index (κ2) is 16.6. The Morgan fingerprint density at radius 2 is 1.76 bits per heavy atom. The molecule has 256 valence electrons. The fourth-order valence-electron chi connectivity index (χ4n) is 4.44. The maximum absolute atomic E-state index is 15.7. The number of imide groups is 1. The first-order valence-electron chi connectivity index (χ1n) is 15.2. The van der Waals surface area contributed by atoms with E-state index in [1.165, 1.54) is 12.1 Å². The monoisotopic (exact) mass is 672 g/mol. The highest BCUT2D eigenvalue weighted by Crippen LogP contribution is 2.47. The summed E-state index contributed by atoms with van der Waals surface area (Å²) in [6, 6.07) is 5.32. The Morgan fingerprint density at radius 1 is 1.13 bits per heavy atom. The first-order chi connectivity index (χ1) is 21.6. The highest BCUT2D eigenvalue weighted by molar-refractivity contribution is 7.52. The number of urea groups is 1. The minimum absolute atomic E-state index is 0.0348. The molecule has 2 aliphatic rings. The van der Waals surface area contributed by atoms with E-state index in [1.807, 2.05) is 33.0 Å². The number of nitrogens with one attached hydrogen (secondary N) is 2. The van der Waals surface area contributed by atoms with E-state index in [0.717, 1.165) is 17.7 Å². The lowest BCUT2D eigenvalue weighted by molar-refractivity contribution is -0.541. The average Bonchev–Trinajstić information content (AvgIpc) is 3.19. The van der Waals surface area contributed by atoms with Gasteiger partial charge in [0.05, 0.1) is 32.5 Å². The molecule has 0 radical (unpaired) electrons. The number of para-hydroxylation sites is 1. The molecule has 14 nitrogen and oxygen atoms in total. The van der Waals surface area contributed by atoms with Crippen LogP contribution in [-0.2, 0) is 37.7 Å². The predicted molar refractivity (Wildman–Crippen MR) is 162 cm³/mol. The molecule has 46 heavy (non-hydrogen) atoms. The van der Waals surface area contributed by atoms with Crippen LogP contribution in [0.15, 0.2) is 30.3 Å². The molecule has 2 aliphatic heterocycles. The topological polar surface area (TPSA) is 179 Å². The molecule has 1 aromatic carbocycles. The van der Waals surface area contributed by atoms with Crippen molar-refractivity contribution in [2.75, 3.05) is 19.8 Å². The van der Waals surface area contributed by atoms with Crippen molar-refractivity contribution in [2.45, 2.75) is 90.4 Å². The van der Waals surface area contributed by atoms with E-state index >= 15 is 4.39 Å². The molecule has 0 saturated carbocycles. The Morgan fingerprint density at radius 3 is 2.37 bits per heavy atom. The van der Waals surface area contributed by atoms with Crippen molar-refractivity contribution in [3.8, 4) is 5.75 Å². The number of ether oxygens (including phenoxy) is 3. The molecule has 0 bridgehead atoms. The molecule has 0 aliphatic carbocycles. The smallest absolute Gasteiger partial charge is 0.466 e. The number of aliphatic hydroxyl groups excluding tert-OH is 1. The molecule has 0 aromatic heterocycles. The van der Waals surface area contributed by atoms with Crippen molar-refractivity contribution in [3.63, 3.8) is 0 Å². The number of carbonyl (C=O) groups is 4. The SMILES string of the molecule is CC(C)CCOC(=O)C[C@H](N[P@@](=O)(OC[C@H]1O[C@@H]([N+]2=CCC(=O)NC2=O)[C@](C)(F)[C@@H]1O)Oc1ccccc1)C(=O)OCCC(C)C. The third kappa shape index (κ3) is 10.7. The van der Waals surface area contributed by atoms with Crippen LogP contribution < -0.4 is 14.9 Å². The predicted octanol–water partition coefficient (Wildman–Crippen LogP) is 3.25. The summed E-state index contributed by atoms with van der Waals surface area (Å²) in [6.45, 7) is 8.20. The zero-order valence-corrected chi connectivity index (χ0v) is 27.6. The second-order valence-corrected chi connectivity index (χ2v) is 13.8. The van der Waals surface area contributed by atoms with Gasteiger partial charge in [-0.15, -0.1) is 0 Å². The van der Waals surface area contributed by atoms with E-state index in [-0.39, 0.29) is 37.2 Å². The lowest BCUT2D eigenvalue weighted by Crippen LogP contribution is -2.54. The summed E-state index contributed by atoms with van der Waals surface area (Å²) in [5.74, 6) is -1.71. The van der Waals surface area contributed by atoms with E-state index in [9.17, 15) is 28.8 Å². The van der Waals surface area contributed by atoms with Gasteiger partial charge in [0.25, 0.3) is 0 Å². The Kier molecular flexibility index (Phi) is 13.4. The van der Waals surface area contributed by atoms with E-state index < -0.39 is 74.8 Å². The van der Waals surface area contributed by atoms with Crippen molar-refractivity contribution in [1.29, 1.82) is 0 Å². The fourth-order valence-corrected chi connectivity index (χ4v) is 5.94. The van der Waals surface area contributed by atoms with Gasteiger partial charge < -0.3 is 23.8 Å². The summed E-state index contributed by atoms with van der Waals surface area (Å²) in [7, 11) is -4.61. The van der Waals surface area contributed by atoms with E-state index in [1.54, 1.807) is 18.2 Å². The summed E-state index contributed by atoms with van der Waals surface area (Å²) < 4.78 is 58.3. The number of carbonyl (C=O) groups excluding carboxylic acids is 4. The minimum atomic E-state index is -4.61. The van der Waals surface area contributed by atoms with Gasteiger partial charge >= 0.3 is 31.6 Å². The third-order valence-electron chi connectivity index (χ3n) is 7.17. The van der Waals surface area contributed by atoms with Crippen LogP contribution in [0.25, 0.3) is 0 Å². The van der Waals surface area contributed by atoms with Gasteiger partial charge in [-0.2, -0.15) is 19.8 Å². The Balaban J connectivity index is 1.82. The van der Waals surface area contributed by atoms with Gasteiger partial charge in [-0.1, -0.05) is 45.9 Å². The van der Waals surface area contributed by atoms with Gasteiger partial charge in [-0.05, 0) is 43.7 Å². The number of amides is 3. The molecule has 2 heterocycles. The molecule has 3 amide bonds. The van der Waals surface area contributed by atoms with Gasteiger partial charge in [-0.3, -0.25) is 14.1 Å². The largest absolute Gasteiger partial charge is 0.500 e. The summed E-state index contributed by atoms with van der Waals surface area (Å²) in [5, 5.41) is 15.3. The van der Waals surface area contributed by atoms with Crippen LogP contribution in [0.4, 0.5) is 9.18 Å². The minimum Gasteiger partial charge on any atom is -0.466 e. The lowest BCUT2D eigenvalue weighted by Gasteiger charge is -2.26. The molecule has 3 rings (SSSR count). The molecule has 6 atom stereocenters. The summed E-state index contributed by atoms with van der Waals surface area (Å²) >= 11 is 0. The van der Waals surface area contributed by atoms with Crippen molar-refractivity contribution >= 4 is 37.8 Å². The zero-order valence-electron chi connectivity index (χ0n) is 26.7. The molecule has 16 heteroatoms. The Hall–Kier alpha value is -3.23. The van der Waals surface area contributed by atoms with Crippen LogP contribution in [0.3, 0.4) is 0 Å². The number of hydrogen-bond acceptors (Lipinski definition) is 11. The highest BCUT2D eigenvalue weighted by atomic mass is 31.2.